The van der Waals surface area contributed by atoms with Crippen molar-refractivity contribution in [3.63, 3.8) is 0 Å². The molecular formula is C26H15F12IN2O2. The molecule has 0 bridgehead atoms. The fourth-order valence-corrected chi connectivity index (χ4v) is 4.53. The Morgan fingerprint density at radius 3 is 1.72 bits per heavy atom. The van der Waals surface area contributed by atoms with Crippen LogP contribution in [-0.2, 0) is 11.8 Å². The van der Waals surface area contributed by atoms with Crippen molar-refractivity contribution in [2.75, 3.05) is 15.1 Å². The number of benzene rings is 3. The lowest BCUT2D eigenvalue weighted by Gasteiger charge is -2.36. The van der Waals surface area contributed by atoms with Crippen molar-refractivity contribution in [3.8, 4) is 0 Å². The molecule has 3 rings (SSSR count). The Balaban J connectivity index is 2.09. The van der Waals surface area contributed by atoms with Crippen molar-refractivity contribution >= 4 is 46.1 Å². The van der Waals surface area contributed by atoms with Crippen LogP contribution in [0.3, 0.4) is 0 Å². The summed E-state index contributed by atoms with van der Waals surface area (Å²) in [6.07, 6.45) is -19.9. The Bertz CT molecular complexity index is 1510. The average Bonchev–Trinajstić information content (AvgIpc) is 2.93. The van der Waals surface area contributed by atoms with Crippen LogP contribution in [0.2, 0.25) is 0 Å². The van der Waals surface area contributed by atoms with Gasteiger partial charge in [0.05, 0.1) is 34.1 Å². The summed E-state index contributed by atoms with van der Waals surface area (Å²) in [6, 6.07) is 11.3. The van der Waals surface area contributed by atoms with Crippen LogP contribution in [0, 0.1) is 0 Å². The third kappa shape index (κ3) is 6.26. The summed E-state index contributed by atoms with van der Waals surface area (Å²) in [5.41, 5.74) is -13.0. The van der Waals surface area contributed by atoms with E-state index in [2.05, 4.69) is 0 Å². The van der Waals surface area contributed by atoms with Gasteiger partial charge in [-0.05, 0) is 42.5 Å². The average molecular weight is 742 g/mol. The lowest BCUT2D eigenvalue weighted by molar-refractivity contribution is -0.389. The van der Waals surface area contributed by atoms with Crippen molar-refractivity contribution in [2.45, 2.75) is 30.1 Å². The van der Waals surface area contributed by atoms with E-state index in [4.69, 9.17) is 0 Å². The van der Waals surface area contributed by atoms with Gasteiger partial charge in [0.1, 0.15) is 0 Å². The molecule has 3 aromatic carbocycles. The van der Waals surface area contributed by atoms with E-state index in [0.29, 0.717) is 0 Å². The first kappa shape index (κ1) is 34.0. The molecule has 0 N–H and O–H groups in total. The number of amides is 2. The van der Waals surface area contributed by atoms with Gasteiger partial charge >= 0.3 is 30.1 Å². The first-order chi connectivity index (χ1) is 19.6. The maximum absolute atomic E-state index is 14.9. The van der Waals surface area contributed by atoms with E-state index >= 15 is 0 Å². The fraction of sp³-hybridized carbons (Fsp3) is 0.231. The normalized spacial score (nSPS) is 14.2. The first-order valence-corrected chi connectivity index (χ1v) is 12.4. The molecule has 232 valence electrons. The molecule has 0 fully saturated rings. The summed E-state index contributed by atoms with van der Waals surface area (Å²) in [4.78, 5) is 26.9. The molecular weight excluding hydrogens is 727 g/mol. The van der Waals surface area contributed by atoms with Gasteiger partial charge in [0, 0.05) is 29.4 Å². The summed E-state index contributed by atoms with van der Waals surface area (Å²) < 4.78 is 163. The summed E-state index contributed by atoms with van der Waals surface area (Å²) in [5, 5.41) is 0. The molecule has 0 aliphatic heterocycles. The van der Waals surface area contributed by atoms with Gasteiger partial charge in [-0.3, -0.25) is 9.59 Å². The van der Waals surface area contributed by atoms with Gasteiger partial charge in [0.25, 0.3) is 11.8 Å². The van der Waals surface area contributed by atoms with E-state index in [9.17, 15) is 62.3 Å². The number of rotatable bonds is 6. The zero-order valence-corrected chi connectivity index (χ0v) is 23.2. The van der Waals surface area contributed by atoms with Crippen molar-refractivity contribution < 1.29 is 62.3 Å². The number of nitrogens with zero attached hydrogens (tertiary/aromatic N) is 2. The predicted molar refractivity (Wildman–Crippen MR) is 138 cm³/mol. The molecule has 4 nitrogen and oxygen atoms in total. The monoisotopic (exact) mass is 742 g/mol. The third-order valence-corrected chi connectivity index (χ3v) is 7.03. The maximum atomic E-state index is 14.9. The molecule has 3 aromatic rings. The zero-order chi connectivity index (χ0) is 32.8. The summed E-state index contributed by atoms with van der Waals surface area (Å²) in [6.45, 7) is 0. The van der Waals surface area contributed by atoms with Gasteiger partial charge < -0.3 is 4.90 Å². The number of halogens is 13. The Morgan fingerprint density at radius 1 is 0.651 bits per heavy atom. The highest BCUT2D eigenvalue weighted by Crippen LogP contribution is 2.59. The summed E-state index contributed by atoms with van der Waals surface area (Å²) in [7, 11) is 1.32. The lowest BCUT2D eigenvalue weighted by Crippen LogP contribution is -2.59. The van der Waals surface area contributed by atoms with Crippen molar-refractivity contribution in [1.82, 2.24) is 0 Å². The number of carbonyl (C=O) groups is 2. The fourth-order valence-electron chi connectivity index (χ4n) is 3.83. The minimum Gasteiger partial charge on any atom is -0.311 e. The predicted octanol–water partition coefficient (Wildman–Crippen LogP) is 8.90. The molecule has 0 heterocycles. The number of hydrogen-bond acceptors (Lipinski definition) is 2. The maximum Gasteiger partial charge on any atom is 0.457 e. The van der Waals surface area contributed by atoms with Crippen molar-refractivity contribution in [3.05, 3.63) is 95.1 Å². The van der Waals surface area contributed by atoms with Gasteiger partial charge in [-0.2, -0.15) is 48.3 Å². The Kier molecular flexibility index (Phi) is 9.11. The van der Waals surface area contributed by atoms with E-state index in [1.165, 1.54) is 31.3 Å². The van der Waals surface area contributed by atoms with Gasteiger partial charge in [-0.25, -0.2) is 7.50 Å². The minimum atomic E-state index is -7.20. The van der Waals surface area contributed by atoms with E-state index < -0.39 is 64.8 Å². The van der Waals surface area contributed by atoms with E-state index in [0.717, 1.165) is 39.9 Å². The molecule has 2 amide bonds. The molecule has 1 unspecified atom stereocenters. The molecule has 0 aromatic heterocycles. The van der Waals surface area contributed by atoms with Crippen molar-refractivity contribution in [2.24, 2.45) is 0 Å². The van der Waals surface area contributed by atoms with Crippen LogP contribution in [0.5, 0.6) is 0 Å². The number of hydrogen-bond donors (Lipinski definition) is 0. The molecule has 0 radical (unpaired) electrons. The van der Waals surface area contributed by atoms with Crippen LogP contribution < -0.4 is 8.01 Å². The highest BCUT2D eigenvalue weighted by atomic mass is 127. The number of carbonyl (C=O) groups excluding carboxylic acids is 2. The third-order valence-electron chi connectivity index (χ3n) is 6.07. The number of anilines is 2. The highest BCUT2D eigenvalue weighted by Gasteiger charge is 2.81. The van der Waals surface area contributed by atoms with Crippen molar-refractivity contribution in [1.29, 1.82) is 0 Å². The SMILES string of the molecule is CN(C(=O)c1ccccc1)c1cccc(C(=O)N(I)c2ccc(C(F)(C(F)(F)F)C(F)(F)C(F)(F)F)cc2C(F)(F)F)c1. The van der Waals surface area contributed by atoms with Crippen LogP contribution in [0.25, 0.3) is 0 Å². The van der Waals surface area contributed by atoms with Gasteiger partial charge in [-0.1, -0.05) is 30.3 Å². The second kappa shape index (κ2) is 11.5. The molecule has 0 saturated carbocycles. The van der Waals surface area contributed by atoms with Crippen LogP contribution in [0.15, 0.2) is 72.8 Å². The lowest BCUT2D eigenvalue weighted by atomic mass is 9.86. The topological polar surface area (TPSA) is 40.6 Å². The Hall–Kier alpha value is -3.51. The Morgan fingerprint density at radius 2 is 1.21 bits per heavy atom. The largest absolute Gasteiger partial charge is 0.457 e. The molecule has 1 atom stereocenters. The summed E-state index contributed by atoms with van der Waals surface area (Å²) in [5.74, 6) is -9.02. The van der Waals surface area contributed by atoms with Crippen LogP contribution >= 0.6 is 22.9 Å². The number of alkyl halides is 12. The Labute approximate surface area is 248 Å². The minimum absolute atomic E-state index is 0.0378. The van der Waals surface area contributed by atoms with Gasteiger partial charge in [0.2, 0.25) is 0 Å². The molecule has 0 saturated heterocycles. The summed E-state index contributed by atoms with van der Waals surface area (Å²) >= 11 is 0.991. The van der Waals surface area contributed by atoms with E-state index in [-0.39, 0.29) is 32.1 Å². The van der Waals surface area contributed by atoms with Crippen LogP contribution in [-0.4, -0.2) is 37.1 Å². The van der Waals surface area contributed by atoms with Gasteiger partial charge in [-0.15, -0.1) is 0 Å². The van der Waals surface area contributed by atoms with E-state index in [1.807, 2.05) is 0 Å². The molecule has 17 heteroatoms. The smallest absolute Gasteiger partial charge is 0.311 e. The molecule has 0 aliphatic carbocycles. The van der Waals surface area contributed by atoms with Crippen LogP contribution in [0.1, 0.15) is 31.8 Å². The van der Waals surface area contributed by atoms with Crippen LogP contribution in [0.4, 0.5) is 64.1 Å². The zero-order valence-electron chi connectivity index (χ0n) is 21.1. The van der Waals surface area contributed by atoms with Gasteiger partial charge in [0.15, 0.2) is 0 Å². The molecule has 0 spiro atoms. The second-order valence-electron chi connectivity index (χ2n) is 8.82. The quantitative estimate of drug-likeness (QED) is 0.144. The molecule has 43 heavy (non-hydrogen) atoms. The first-order valence-electron chi connectivity index (χ1n) is 11.4. The molecule has 0 aliphatic rings. The second-order valence-corrected chi connectivity index (χ2v) is 9.79. The highest BCUT2D eigenvalue weighted by molar-refractivity contribution is 14.1. The standard InChI is InChI=1S/C26H15F12IN2O2/c1-40(20(42)14-6-3-2-4-7-14)17-9-5-8-15(12-17)21(43)41(39)19-11-10-16(13-18(19)23(28,29)30)22(27,25(33,34)35)24(31,32)26(36,37)38/h2-13H,1H3. The van der Waals surface area contributed by atoms with E-state index in [1.54, 1.807) is 18.2 Å².